The van der Waals surface area contributed by atoms with Crippen LogP contribution in [0.3, 0.4) is 0 Å². The molecule has 3 fully saturated rings. The number of rotatable bonds is 2. The van der Waals surface area contributed by atoms with Gasteiger partial charge in [-0.05, 0) is 60.1 Å². The van der Waals surface area contributed by atoms with Crippen molar-refractivity contribution in [1.82, 2.24) is 9.97 Å². The van der Waals surface area contributed by atoms with Crippen molar-refractivity contribution < 1.29 is 14.0 Å². The van der Waals surface area contributed by atoms with Crippen molar-refractivity contribution in [3.05, 3.63) is 74.7 Å². The average molecular weight is 480 g/mol. The highest BCUT2D eigenvalue weighted by Crippen LogP contribution is 2.68. The van der Waals surface area contributed by atoms with E-state index < -0.39 is 5.82 Å². The standard InChI is InChI=1S/C24H18FN3O3S2/c25-11-3-5-12(6-4-11)28-22(29)17-13-8-14(18(17)23(28)30)19-16(13)15(10-2-1-7-26-9-10)20-21(32-19)27-24(31)33-20/h1-7,9,13-19H,8H2,(H,27,31)/t13-,14-,15?,16?,17?,18?,19?/m1/s1. The number of carbonyl (C=O) groups is 2. The first-order chi connectivity index (χ1) is 16.0. The summed E-state index contributed by atoms with van der Waals surface area (Å²) in [7, 11) is 0. The second-order valence-corrected chi connectivity index (χ2v) is 11.4. The van der Waals surface area contributed by atoms with E-state index in [4.69, 9.17) is 0 Å². The van der Waals surface area contributed by atoms with Crippen molar-refractivity contribution in [2.45, 2.75) is 22.6 Å². The minimum atomic E-state index is -0.403. The number of pyridine rings is 1. The molecule has 2 amide bonds. The molecule has 1 saturated heterocycles. The van der Waals surface area contributed by atoms with Gasteiger partial charge in [0, 0.05) is 28.4 Å². The van der Waals surface area contributed by atoms with Crippen LogP contribution in [0.1, 0.15) is 22.8 Å². The second-order valence-electron chi connectivity index (χ2n) is 9.24. The number of hydrogen-bond acceptors (Lipinski definition) is 6. The largest absolute Gasteiger partial charge is 0.307 e. The molecule has 7 atom stereocenters. The zero-order valence-electron chi connectivity index (χ0n) is 17.2. The summed E-state index contributed by atoms with van der Waals surface area (Å²) in [6.45, 7) is 0. The topological polar surface area (TPSA) is 83.1 Å². The molecule has 6 nitrogen and oxygen atoms in total. The Bertz CT molecular complexity index is 1360. The number of benzene rings is 1. The molecule has 7 rings (SSSR count). The van der Waals surface area contributed by atoms with Crippen molar-refractivity contribution in [2.75, 3.05) is 4.90 Å². The summed E-state index contributed by atoms with van der Waals surface area (Å²) in [6.07, 6.45) is 4.42. The molecule has 33 heavy (non-hydrogen) atoms. The monoisotopic (exact) mass is 479 g/mol. The number of carbonyl (C=O) groups excluding carboxylic acids is 2. The number of imide groups is 1. The molecular weight excluding hydrogens is 461 g/mol. The molecule has 5 unspecified atom stereocenters. The lowest BCUT2D eigenvalue weighted by Gasteiger charge is -2.42. The Morgan fingerprint density at radius 2 is 1.79 bits per heavy atom. The number of amides is 2. The van der Waals surface area contributed by atoms with Crippen LogP contribution in [0.5, 0.6) is 0 Å². The normalized spacial score (nSPS) is 33.8. The maximum atomic E-state index is 13.6. The van der Waals surface area contributed by atoms with Crippen LogP contribution in [0.25, 0.3) is 0 Å². The number of halogens is 1. The molecule has 1 aromatic carbocycles. The molecule has 4 heterocycles. The highest BCUT2D eigenvalue weighted by Gasteiger charge is 2.69. The van der Waals surface area contributed by atoms with E-state index in [-0.39, 0.29) is 57.4 Å². The molecule has 4 aliphatic rings. The molecule has 2 aliphatic carbocycles. The number of H-pyrrole nitrogens is 1. The number of nitrogens with zero attached hydrogens (tertiary/aromatic N) is 2. The smallest absolute Gasteiger partial charge is 0.305 e. The quantitative estimate of drug-likeness (QED) is 0.568. The van der Waals surface area contributed by atoms with Crippen molar-refractivity contribution >= 4 is 40.6 Å². The number of anilines is 1. The van der Waals surface area contributed by atoms with Gasteiger partial charge in [0.2, 0.25) is 11.8 Å². The molecule has 9 heteroatoms. The molecule has 2 aliphatic heterocycles. The summed E-state index contributed by atoms with van der Waals surface area (Å²) in [5.41, 5.74) is 1.48. The van der Waals surface area contributed by atoms with Crippen LogP contribution < -0.4 is 9.77 Å². The number of aromatic amines is 1. The zero-order valence-corrected chi connectivity index (χ0v) is 18.8. The summed E-state index contributed by atoms with van der Waals surface area (Å²) in [5, 5.41) is 1.03. The van der Waals surface area contributed by atoms with Crippen molar-refractivity contribution in [2.24, 2.45) is 29.6 Å². The first kappa shape index (κ1) is 19.7. The van der Waals surface area contributed by atoms with Crippen LogP contribution in [-0.4, -0.2) is 27.0 Å². The molecule has 0 spiro atoms. The molecule has 2 saturated carbocycles. The Hall–Kier alpha value is -2.78. The van der Waals surface area contributed by atoms with Crippen LogP contribution in [0.4, 0.5) is 10.1 Å². The van der Waals surface area contributed by atoms with Crippen LogP contribution in [0.2, 0.25) is 0 Å². The van der Waals surface area contributed by atoms with Gasteiger partial charge in [-0.25, -0.2) is 4.39 Å². The summed E-state index contributed by atoms with van der Waals surface area (Å²) < 4.78 is 13.4. The van der Waals surface area contributed by atoms with E-state index in [0.717, 1.165) is 21.9 Å². The molecule has 0 radical (unpaired) electrons. The van der Waals surface area contributed by atoms with E-state index in [2.05, 4.69) is 9.97 Å². The molecule has 2 bridgehead atoms. The van der Waals surface area contributed by atoms with E-state index in [1.165, 1.54) is 40.5 Å². The van der Waals surface area contributed by atoms with E-state index in [1.54, 1.807) is 18.0 Å². The van der Waals surface area contributed by atoms with E-state index in [0.29, 0.717) is 5.69 Å². The molecular formula is C24H18FN3O3S2. The van der Waals surface area contributed by atoms with Crippen molar-refractivity contribution in [3.63, 3.8) is 0 Å². The van der Waals surface area contributed by atoms with Crippen LogP contribution >= 0.6 is 23.1 Å². The maximum Gasteiger partial charge on any atom is 0.305 e. The SMILES string of the molecule is O=C1C2C(C(=O)N1c1ccc(F)cc1)[C@@H]1C[C@H]2C2Sc3[nH]c(=O)sc3C(c3cccnc3)C21. The van der Waals surface area contributed by atoms with E-state index >= 15 is 0 Å². The van der Waals surface area contributed by atoms with Gasteiger partial charge in [-0.2, -0.15) is 0 Å². The lowest BCUT2D eigenvalue weighted by molar-refractivity contribution is -0.123. The van der Waals surface area contributed by atoms with Crippen LogP contribution in [0.15, 0.2) is 58.6 Å². The Balaban J connectivity index is 1.33. The number of fused-ring (bicyclic) bond motifs is 9. The average Bonchev–Trinajstić information content (AvgIpc) is 3.54. The molecule has 1 N–H and O–H groups in total. The summed E-state index contributed by atoms with van der Waals surface area (Å²) >= 11 is 2.90. The molecule has 3 aromatic rings. The maximum absolute atomic E-state index is 13.6. The third-order valence-electron chi connectivity index (χ3n) is 7.85. The first-order valence-electron chi connectivity index (χ1n) is 11.0. The fraction of sp³-hybridized carbons (Fsp3) is 0.333. The Labute approximate surface area is 196 Å². The van der Waals surface area contributed by atoms with Gasteiger partial charge in [-0.3, -0.25) is 24.3 Å². The predicted octanol–water partition coefficient (Wildman–Crippen LogP) is 3.65. The molecule has 166 valence electrons. The summed E-state index contributed by atoms with van der Waals surface area (Å²) in [6, 6.07) is 9.49. The lowest BCUT2D eigenvalue weighted by Crippen LogP contribution is -2.42. The van der Waals surface area contributed by atoms with E-state index in [1.807, 2.05) is 18.3 Å². The van der Waals surface area contributed by atoms with Crippen LogP contribution in [0, 0.1) is 35.4 Å². The number of thioether (sulfide) groups is 1. The highest BCUT2D eigenvalue weighted by molar-refractivity contribution is 8.00. The van der Waals surface area contributed by atoms with Gasteiger partial charge in [-0.15, -0.1) is 11.8 Å². The third-order valence-corrected chi connectivity index (χ3v) is 10.4. The van der Waals surface area contributed by atoms with E-state index in [9.17, 15) is 18.8 Å². The van der Waals surface area contributed by atoms with Crippen molar-refractivity contribution in [3.8, 4) is 0 Å². The van der Waals surface area contributed by atoms with Gasteiger partial charge >= 0.3 is 4.87 Å². The van der Waals surface area contributed by atoms with Crippen molar-refractivity contribution in [1.29, 1.82) is 0 Å². The minimum Gasteiger partial charge on any atom is -0.307 e. The number of aromatic nitrogens is 2. The molecule has 2 aromatic heterocycles. The third kappa shape index (κ3) is 2.60. The number of thiazole rings is 1. The van der Waals surface area contributed by atoms with Crippen LogP contribution in [-0.2, 0) is 9.59 Å². The summed E-state index contributed by atoms with van der Waals surface area (Å²) in [5.74, 6) is -1.25. The fourth-order valence-corrected chi connectivity index (χ4v) is 9.68. The number of hydrogen-bond donors (Lipinski definition) is 1. The Kier molecular flexibility index (Phi) is 4.09. The lowest BCUT2D eigenvalue weighted by atomic mass is 9.68. The Morgan fingerprint density at radius 1 is 1.03 bits per heavy atom. The minimum absolute atomic E-state index is 0.0253. The fourth-order valence-electron chi connectivity index (χ4n) is 6.79. The number of nitrogens with one attached hydrogen (secondary N) is 1. The van der Waals surface area contributed by atoms with Gasteiger partial charge < -0.3 is 4.98 Å². The van der Waals surface area contributed by atoms with Gasteiger partial charge in [0.05, 0.1) is 22.5 Å². The van der Waals surface area contributed by atoms with Gasteiger partial charge in [0.1, 0.15) is 5.82 Å². The Morgan fingerprint density at radius 3 is 2.52 bits per heavy atom. The predicted molar refractivity (Wildman–Crippen MR) is 122 cm³/mol. The highest BCUT2D eigenvalue weighted by atomic mass is 32.2. The first-order valence-corrected chi connectivity index (χ1v) is 12.7. The summed E-state index contributed by atoms with van der Waals surface area (Å²) in [4.78, 5) is 48.8. The van der Waals surface area contributed by atoms with Gasteiger partial charge in [0.25, 0.3) is 0 Å². The van der Waals surface area contributed by atoms with Gasteiger partial charge in [0.15, 0.2) is 0 Å². The van der Waals surface area contributed by atoms with Gasteiger partial charge in [-0.1, -0.05) is 17.4 Å². The second kappa shape index (κ2) is 6.87. The zero-order chi connectivity index (χ0) is 22.4.